The highest BCUT2D eigenvalue weighted by Gasteiger charge is 2.17. The number of carbonyl (C=O) groups is 1. The minimum absolute atomic E-state index is 0.0824. The monoisotopic (exact) mass is 253 g/mol. The van der Waals surface area contributed by atoms with Gasteiger partial charge in [0.25, 0.3) is 0 Å². The molecule has 0 aliphatic rings. The van der Waals surface area contributed by atoms with Crippen molar-refractivity contribution in [2.24, 2.45) is 11.6 Å². The molecule has 1 aromatic carbocycles. The van der Waals surface area contributed by atoms with Crippen LogP contribution in [0.25, 0.3) is 0 Å². The van der Waals surface area contributed by atoms with Crippen LogP contribution in [0.5, 0.6) is 11.5 Å². The standard InChI is InChI=1S/C12H19N3O3/c1-7-4-11(18-3)8(5-10(7)17-2)9(13)6-12(16)15-14/h4-5,9H,6,13-14H2,1-3H3,(H,15,16). The molecule has 0 spiro atoms. The van der Waals surface area contributed by atoms with Gasteiger partial charge in [-0.1, -0.05) is 0 Å². The fraction of sp³-hybridized carbons (Fsp3) is 0.417. The summed E-state index contributed by atoms with van der Waals surface area (Å²) < 4.78 is 10.5. The van der Waals surface area contributed by atoms with Gasteiger partial charge in [-0.15, -0.1) is 0 Å². The van der Waals surface area contributed by atoms with Crippen LogP contribution in [0.2, 0.25) is 0 Å². The highest BCUT2D eigenvalue weighted by Crippen LogP contribution is 2.32. The summed E-state index contributed by atoms with van der Waals surface area (Å²) in [7, 11) is 3.14. The minimum atomic E-state index is -0.502. The summed E-state index contributed by atoms with van der Waals surface area (Å²) in [6, 6.07) is 3.11. The van der Waals surface area contributed by atoms with Crippen molar-refractivity contribution in [3.63, 3.8) is 0 Å². The molecular weight excluding hydrogens is 234 g/mol. The SMILES string of the molecule is COc1cc(C(N)CC(=O)NN)c(OC)cc1C. The first-order chi connectivity index (χ1) is 8.53. The van der Waals surface area contributed by atoms with E-state index in [-0.39, 0.29) is 12.3 Å². The van der Waals surface area contributed by atoms with Crippen LogP contribution < -0.4 is 26.5 Å². The lowest BCUT2D eigenvalue weighted by atomic mass is 10.0. The molecule has 1 rings (SSSR count). The Balaban J connectivity index is 3.08. The fourth-order valence-corrected chi connectivity index (χ4v) is 1.73. The zero-order valence-corrected chi connectivity index (χ0v) is 10.8. The first-order valence-electron chi connectivity index (χ1n) is 5.51. The molecule has 0 radical (unpaired) electrons. The molecule has 0 fully saturated rings. The molecule has 0 saturated heterocycles. The van der Waals surface area contributed by atoms with Crippen LogP contribution in [0.4, 0.5) is 0 Å². The van der Waals surface area contributed by atoms with Crippen LogP contribution >= 0.6 is 0 Å². The van der Waals surface area contributed by atoms with Crippen LogP contribution in [-0.2, 0) is 4.79 Å². The van der Waals surface area contributed by atoms with Gasteiger partial charge in [-0.3, -0.25) is 10.2 Å². The maximum absolute atomic E-state index is 11.2. The van der Waals surface area contributed by atoms with Crippen LogP contribution in [0.15, 0.2) is 12.1 Å². The molecule has 0 aliphatic heterocycles. The fourth-order valence-electron chi connectivity index (χ4n) is 1.73. The first-order valence-corrected chi connectivity index (χ1v) is 5.51. The van der Waals surface area contributed by atoms with Crippen molar-refractivity contribution >= 4 is 5.91 Å². The van der Waals surface area contributed by atoms with Crippen molar-refractivity contribution in [1.29, 1.82) is 0 Å². The Morgan fingerprint density at radius 2 is 1.94 bits per heavy atom. The second-order valence-corrected chi connectivity index (χ2v) is 3.94. The van der Waals surface area contributed by atoms with Gasteiger partial charge in [0.05, 0.1) is 14.2 Å². The molecule has 0 saturated carbocycles. The number of rotatable bonds is 5. The normalized spacial score (nSPS) is 11.8. The molecule has 5 N–H and O–H groups in total. The summed E-state index contributed by atoms with van der Waals surface area (Å²) in [4.78, 5) is 11.2. The number of hydrogen-bond donors (Lipinski definition) is 3. The number of aryl methyl sites for hydroxylation is 1. The molecular formula is C12H19N3O3. The van der Waals surface area contributed by atoms with Gasteiger partial charge in [0.15, 0.2) is 0 Å². The highest BCUT2D eigenvalue weighted by atomic mass is 16.5. The number of amides is 1. The molecule has 0 aliphatic carbocycles. The zero-order valence-electron chi connectivity index (χ0n) is 10.8. The van der Waals surface area contributed by atoms with E-state index in [1.165, 1.54) is 0 Å². The summed E-state index contributed by atoms with van der Waals surface area (Å²) in [5.41, 5.74) is 9.67. The average Bonchev–Trinajstić information content (AvgIpc) is 2.37. The van der Waals surface area contributed by atoms with E-state index in [1.54, 1.807) is 20.3 Å². The number of carbonyl (C=O) groups excluding carboxylic acids is 1. The van der Waals surface area contributed by atoms with Crippen molar-refractivity contribution in [2.75, 3.05) is 14.2 Å². The number of hydrazine groups is 1. The van der Waals surface area contributed by atoms with E-state index in [0.717, 1.165) is 5.56 Å². The van der Waals surface area contributed by atoms with E-state index in [2.05, 4.69) is 5.43 Å². The predicted molar refractivity (Wildman–Crippen MR) is 68.2 cm³/mol. The van der Waals surface area contributed by atoms with E-state index in [9.17, 15) is 4.79 Å². The van der Waals surface area contributed by atoms with Gasteiger partial charge in [0.2, 0.25) is 5.91 Å². The molecule has 6 heteroatoms. The molecule has 18 heavy (non-hydrogen) atoms. The van der Waals surface area contributed by atoms with Gasteiger partial charge in [0, 0.05) is 18.0 Å². The largest absolute Gasteiger partial charge is 0.496 e. The van der Waals surface area contributed by atoms with Crippen molar-refractivity contribution in [1.82, 2.24) is 5.43 Å². The first kappa shape index (κ1) is 14.3. The molecule has 0 bridgehead atoms. The topological polar surface area (TPSA) is 99.6 Å². The van der Waals surface area contributed by atoms with Gasteiger partial charge in [-0.25, -0.2) is 5.84 Å². The summed E-state index contributed by atoms with van der Waals surface area (Å²) in [6.45, 7) is 1.91. The van der Waals surface area contributed by atoms with Gasteiger partial charge in [0.1, 0.15) is 11.5 Å². The maximum Gasteiger partial charge on any atom is 0.235 e. The van der Waals surface area contributed by atoms with Crippen LogP contribution in [0.3, 0.4) is 0 Å². The van der Waals surface area contributed by atoms with Crippen molar-refractivity contribution in [3.05, 3.63) is 23.3 Å². The lowest BCUT2D eigenvalue weighted by Crippen LogP contribution is -2.32. The summed E-state index contributed by atoms with van der Waals surface area (Å²) in [6.07, 6.45) is 0.0824. The Labute approximate surface area is 106 Å². The van der Waals surface area contributed by atoms with Gasteiger partial charge in [-0.2, -0.15) is 0 Å². The summed E-state index contributed by atoms with van der Waals surface area (Å²) in [5, 5.41) is 0. The molecule has 1 aromatic rings. The lowest BCUT2D eigenvalue weighted by Gasteiger charge is -2.17. The number of benzene rings is 1. The van der Waals surface area contributed by atoms with E-state index in [0.29, 0.717) is 17.1 Å². The molecule has 1 atom stereocenters. The van der Waals surface area contributed by atoms with E-state index in [1.807, 2.05) is 13.0 Å². The third kappa shape index (κ3) is 3.12. The number of nitrogens with one attached hydrogen (secondary N) is 1. The second-order valence-electron chi connectivity index (χ2n) is 3.94. The Morgan fingerprint density at radius 1 is 1.33 bits per heavy atom. The Bertz CT molecular complexity index is 435. The van der Waals surface area contributed by atoms with E-state index < -0.39 is 6.04 Å². The summed E-state index contributed by atoms with van der Waals surface area (Å²) >= 11 is 0. The third-order valence-electron chi connectivity index (χ3n) is 2.71. The Hall–Kier alpha value is -1.79. The second kappa shape index (κ2) is 6.23. The third-order valence-corrected chi connectivity index (χ3v) is 2.71. The zero-order chi connectivity index (χ0) is 13.7. The number of nitrogens with two attached hydrogens (primary N) is 2. The Morgan fingerprint density at radius 3 is 2.44 bits per heavy atom. The molecule has 0 heterocycles. The molecule has 1 unspecified atom stereocenters. The van der Waals surface area contributed by atoms with Crippen molar-refractivity contribution in [2.45, 2.75) is 19.4 Å². The molecule has 100 valence electrons. The average molecular weight is 253 g/mol. The lowest BCUT2D eigenvalue weighted by molar-refractivity contribution is -0.121. The number of methoxy groups -OCH3 is 2. The van der Waals surface area contributed by atoms with Crippen molar-refractivity contribution in [3.8, 4) is 11.5 Å². The van der Waals surface area contributed by atoms with Crippen LogP contribution in [0.1, 0.15) is 23.6 Å². The van der Waals surface area contributed by atoms with Gasteiger partial charge >= 0.3 is 0 Å². The van der Waals surface area contributed by atoms with Gasteiger partial charge < -0.3 is 15.2 Å². The van der Waals surface area contributed by atoms with E-state index in [4.69, 9.17) is 21.1 Å². The smallest absolute Gasteiger partial charge is 0.235 e. The molecule has 1 amide bonds. The molecule has 6 nitrogen and oxygen atoms in total. The summed E-state index contributed by atoms with van der Waals surface area (Å²) in [5.74, 6) is 6.04. The number of hydrogen-bond acceptors (Lipinski definition) is 5. The quantitative estimate of drug-likeness (QED) is 0.400. The predicted octanol–water partition coefficient (Wildman–Crippen LogP) is 0.392. The minimum Gasteiger partial charge on any atom is -0.496 e. The Kier molecular flexibility index (Phi) is 4.94. The van der Waals surface area contributed by atoms with Gasteiger partial charge in [-0.05, 0) is 24.6 Å². The highest BCUT2D eigenvalue weighted by molar-refractivity contribution is 5.76. The maximum atomic E-state index is 11.2. The van der Waals surface area contributed by atoms with Crippen molar-refractivity contribution < 1.29 is 14.3 Å². The van der Waals surface area contributed by atoms with Crippen LogP contribution in [0, 0.1) is 6.92 Å². The van der Waals surface area contributed by atoms with E-state index >= 15 is 0 Å². The van der Waals surface area contributed by atoms with Crippen LogP contribution in [-0.4, -0.2) is 20.1 Å². The number of ether oxygens (including phenoxy) is 2. The molecule has 0 aromatic heterocycles.